The van der Waals surface area contributed by atoms with Crippen molar-refractivity contribution in [2.75, 3.05) is 13.7 Å². The molecule has 0 spiro atoms. The predicted molar refractivity (Wildman–Crippen MR) is 72.7 cm³/mol. The zero-order valence-corrected chi connectivity index (χ0v) is 12.1. The van der Waals surface area contributed by atoms with Gasteiger partial charge in [0.15, 0.2) is 0 Å². The van der Waals surface area contributed by atoms with Gasteiger partial charge in [-0.2, -0.15) is 0 Å². The molecule has 0 saturated carbocycles. The van der Waals surface area contributed by atoms with E-state index in [1.54, 1.807) is 20.8 Å². The van der Waals surface area contributed by atoms with E-state index in [0.717, 1.165) is 7.11 Å². The SMILES string of the molecule is [2H]C([2H])(C(=O)OC)[C@@H](N)CCCCNC(=O)OC(C)(C)C. The molecule has 0 bridgehead atoms. The maximum atomic E-state index is 11.4. The van der Waals surface area contributed by atoms with Crippen LogP contribution in [-0.2, 0) is 14.3 Å². The molecule has 0 rings (SSSR count). The summed E-state index contributed by atoms with van der Waals surface area (Å²) in [7, 11) is 1.12. The lowest BCUT2D eigenvalue weighted by atomic mass is 10.1. The number of methoxy groups -OCH3 is 1. The number of carbonyl (C=O) groups is 2. The highest BCUT2D eigenvalue weighted by molar-refractivity contribution is 5.69. The Morgan fingerprint density at radius 1 is 1.37 bits per heavy atom. The van der Waals surface area contributed by atoms with Crippen molar-refractivity contribution in [2.45, 2.75) is 58.0 Å². The quantitative estimate of drug-likeness (QED) is 0.544. The van der Waals surface area contributed by atoms with E-state index in [-0.39, 0.29) is 0 Å². The summed E-state index contributed by atoms with van der Waals surface area (Å²) in [5.41, 5.74) is 5.13. The van der Waals surface area contributed by atoms with Crippen LogP contribution in [0.15, 0.2) is 0 Å². The molecule has 0 aliphatic heterocycles. The molecule has 0 fully saturated rings. The number of unbranched alkanes of at least 4 members (excludes halogenated alkanes) is 1. The van der Waals surface area contributed by atoms with E-state index in [0.29, 0.717) is 25.8 Å². The van der Waals surface area contributed by atoms with Gasteiger partial charge in [-0.1, -0.05) is 6.42 Å². The summed E-state index contributed by atoms with van der Waals surface area (Å²) in [6.07, 6.45) is -1.18. The number of nitrogens with one attached hydrogen (secondary N) is 1. The van der Waals surface area contributed by atoms with Crippen LogP contribution in [0.1, 0.15) is 49.1 Å². The topological polar surface area (TPSA) is 90.6 Å². The van der Waals surface area contributed by atoms with Crippen molar-refractivity contribution in [3.8, 4) is 0 Å². The lowest BCUT2D eigenvalue weighted by Gasteiger charge is -2.19. The Hall–Kier alpha value is -1.30. The van der Waals surface area contributed by atoms with Gasteiger partial charge in [0, 0.05) is 15.3 Å². The highest BCUT2D eigenvalue weighted by Gasteiger charge is 2.15. The molecule has 0 aromatic carbocycles. The molecule has 0 aromatic heterocycles. The smallest absolute Gasteiger partial charge is 0.407 e. The molecule has 19 heavy (non-hydrogen) atoms. The van der Waals surface area contributed by atoms with Crippen LogP contribution < -0.4 is 11.1 Å². The van der Waals surface area contributed by atoms with Gasteiger partial charge in [-0.25, -0.2) is 4.79 Å². The highest BCUT2D eigenvalue weighted by Crippen LogP contribution is 2.07. The van der Waals surface area contributed by atoms with Crippen LogP contribution in [0.3, 0.4) is 0 Å². The number of hydrogen-bond donors (Lipinski definition) is 2. The van der Waals surface area contributed by atoms with Crippen LogP contribution in [0.5, 0.6) is 0 Å². The highest BCUT2D eigenvalue weighted by atomic mass is 16.6. The van der Waals surface area contributed by atoms with E-state index in [4.69, 9.17) is 13.2 Å². The van der Waals surface area contributed by atoms with Crippen LogP contribution >= 0.6 is 0 Å². The molecular weight excluding hydrogens is 248 g/mol. The molecule has 0 heterocycles. The van der Waals surface area contributed by atoms with Crippen molar-refractivity contribution in [3.05, 3.63) is 0 Å². The largest absolute Gasteiger partial charge is 0.469 e. The van der Waals surface area contributed by atoms with Gasteiger partial charge in [-0.05, 0) is 33.6 Å². The van der Waals surface area contributed by atoms with Crippen LogP contribution in [0.2, 0.25) is 0 Å². The number of rotatable bonds is 7. The molecule has 6 nitrogen and oxygen atoms in total. The fraction of sp³-hybridized carbons (Fsp3) is 0.846. The lowest BCUT2D eigenvalue weighted by molar-refractivity contribution is -0.141. The molecule has 0 aliphatic carbocycles. The third-order valence-corrected chi connectivity index (χ3v) is 2.10. The minimum Gasteiger partial charge on any atom is -0.469 e. The lowest BCUT2D eigenvalue weighted by Crippen LogP contribution is -2.33. The van der Waals surface area contributed by atoms with Crippen molar-refractivity contribution in [3.63, 3.8) is 0 Å². The molecule has 3 N–H and O–H groups in total. The Balaban J connectivity index is 3.91. The summed E-state index contributed by atoms with van der Waals surface area (Å²) in [6, 6.07) is -0.938. The number of alkyl carbamates (subject to hydrolysis) is 1. The van der Waals surface area contributed by atoms with Crippen LogP contribution in [-0.4, -0.2) is 37.4 Å². The first-order valence-electron chi connectivity index (χ1n) is 7.31. The Morgan fingerprint density at radius 2 is 2.00 bits per heavy atom. The van der Waals surface area contributed by atoms with Crippen molar-refractivity contribution < 1.29 is 21.8 Å². The normalized spacial score (nSPS) is 15.0. The minimum atomic E-state index is -2.20. The molecule has 0 aliphatic rings. The second kappa shape index (κ2) is 8.74. The van der Waals surface area contributed by atoms with Crippen molar-refractivity contribution >= 4 is 12.1 Å². The van der Waals surface area contributed by atoms with Gasteiger partial charge in [0.2, 0.25) is 0 Å². The Morgan fingerprint density at radius 3 is 2.53 bits per heavy atom. The predicted octanol–water partition coefficient (Wildman–Crippen LogP) is 1.57. The van der Waals surface area contributed by atoms with Gasteiger partial charge in [-0.15, -0.1) is 0 Å². The molecule has 0 aromatic rings. The third kappa shape index (κ3) is 11.5. The maximum absolute atomic E-state index is 11.4. The van der Waals surface area contributed by atoms with Gasteiger partial charge in [-0.3, -0.25) is 4.79 Å². The molecule has 112 valence electrons. The number of ether oxygens (including phenoxy) is 2. The molecule has 0 saturated heterocycles. The molecule has 1 amide bonds. The number of amides is 1. The second-order valence-electron chi connectivity index (χ2n) is 5.17. The monoisotopic (exact) mass is 276 g/mol. The van der Waals surface area contributed by atoms with Crippen molar-refractivity contribution in [1.82, 2.24) is 5.32 Å². The molecule has 0 unspecified atom stereocenters. The van der Waals surface area contributed by atoms with Crippen LogP contribution in [0.4, 0.5) is 4.79 Å². The summed E-state index contributed by atoms with van der Waals surface area (Å²) in [6.45, 7) is 5.74. The Kier molecular flexibility index (Phi) is 6.49. The average Bonchev–Trinajstić information content (AvgIpc) is 2.34. The van der Waals surface area contributed by atoms with Crippen molar-refractivity contribution in [2.24, 2.45) is 5.73 Å². The van der Waals surface area contributed by atoms with E-state index >= 15 is 0 Å². The number of esters is 1. The number of hydrogen-bond acceptors (Lipinski definition) is 5. The number of carbonyl (C=O) groups excluding carboxylic acids is 2. The van der Waals surface area contributed by atoms with E-state index < -0.39 is 30.1 Å². The third-order valence-electron chi connectivity index (χ3n) is 2.10. The van der Waals surface area contributed by atoms with E-state index in [1.807, 2.05) is 0 Å². The molecular formula is C13H26N2O4. The second-order valence-corrected chi connectivity index (χ2v) is 5.17. The van der Waals surface area contributed by atoms with Crippen molar-refractivity contribution in [1.29, 1.82) is 0 Å². The standard InChI is InChI=1S/C13H26N2O4/c1-13(2,3)19-12(17)15-8-6-5-7-10(14)9-11(16)18-4/h10H,5-9,14H2,1-4H3,(H,15,17)/t10-/m0/s1/i9D2. The van der Waals surface area contributed by atoms with E-state index in [1.165, 1.54) is 0 Å². The van der Waals surface area contributed by atoms with Crippen LogP contribution in [0.25, 0.3) is 0 Å². The van der Waals surface area contributed by atoms with Gasteiger partial charge < -0.3 is 20.5 Å². The van der Waals surface area contributed by atoms with E-state index in [2.05, 4.69) is 10.1 Å². The fourth-order valence-corrected chi connectivity index (χ4v) is 1.28. The van der Waals surface area contributed by atoms with Gasteiger partial charge in [0.05, 0.1) is 13.5 Å². The summed E-state index contributed by atoms with van der Waals surface area (Å²) >= 11 is 0. The van der Waals surface area contributed by atoms with E-state index in [9.17, 15) is 9.59 Å². The zero-order chi connectivity index (χ0) is 16.7. The first-order valence-corrected chi connectivity index (χ1v) is 6.31. The zero-order valence-electron chi connectivity index (χ0n) is 14.1. The minimum absolute atomic E-state index is 0.318. The molecule has 1 atom stereocenters. The summed E-state index contributed by atoms with van der Waals surface area (Å²) in [5, 5.41) is 2.60. The first-order chi connectivity index (χ1) is 9.50. The average molecular weight is 276 g/mol. The number of nitrogens with two attached hydrogens (primary N) is 1. The van der Waals surface area contributed by atoms with Crippen LogP contribution in [0, 0.1) is 0 Å². The first kappa shape index (κ1) is 14.1. The van der Waals surface area contributed by atoms with Gasteiger partial charge >= 0.3 is 12.1 Å². The molecule has 0 radical (unpaired) electrons. The Bertz CT molecular complexity index is 357. The summed E-state index contributed by atoms with van der Waals surface area (Å²) in [4.78, 5) is 22.6. The summed E-state index contributed by atoms with van der Waals surface area (Å²) in [5.74, 6) is -0.970. The fourth-order valence-electron chi connectivity index (χ4n) is 1.28. The van der Waals surface area contributed by atoms with Gasteiger partial charge in [0.1, 0.15) is 5.60 Å². The summed E-state index contributed by atoms with van der Waals surface area (Å²) < 4.78 is 24.6. The Labute approximate surface area is 117 Å². The maximum Gasteiger partial charge on any atom is 0.407 e. The molecule has 6 heteroatoms. The van der Waals surface area contributed by atoms with Gasteiger partial charge in [0.25, 0.3) is 0 Å².